The molecule has 0 aromatic heterocycles. The van der Waals surface area contributed by atoms with E-state index in [0.717, 1.165) is 49.8 Å². The van der Waals surface area contributed by atoms with Gasteiger partial charge in [-0.25, -0.2) is 9.18 Å². The van der Waals surface area contributed by atoms with Crippen molar-refractivity contribution in [3.05, 3.63) is 65.0 Å². The van der Waals surface area contributed by atoms with Crippen molar-refractivity contribution in [2.45, 2.75) is 82.5 Å². The van der Waals surface area contributed by atoms with Crippen LogP contribution in [0.15, 0.2) is 42.5 Å². The van der Waals surface area contributed by atoms with E-state index in [1.165, 1.54) is 17.7 Å². The van der Waals surface area contributed by atoms with Gasteiger partial charge in [0.05, 0.1) is 12.0 Å². The minimum Gasteiger partial charge on any atom is -0.545 e. The number of amides is 2. The van der Waals surface area contributed by atoms with Crippen molar-refractivity contribution < 1.29 is 24.2 Å². The van der Waals surface area contributed by atoms with Gasteiger partial charge in [-0.15, -0.1) is 0 Å². The molecule has 194 valence electrons. The van der Waals surface area contributed by atoms with Gasteiger partial charge >= 0.3 is 6.03 Å². The van der Waals surface area contributed by atoms with Crippen molar-refractivity contribution in [1.29, 1.82) is 0 Å². The lowest BCUT2D eigenvalue weighted by molar-refractivity contribution is -0.255. The monoisotopic (exact) mass is 496 g/mol. The first-order valence-corrected chi connectivity index (χ1v) is 12.9. The quantitative estimate of drug-likeness (QED) is 0.504. The number of rotatable bonds is 7. The van der Waals surface area contributed by atoms with Gasteiger partial charge in [0, 0.05) is 23.8 Å². The molecule has 2 fully saturated rings. The zero-order valence-electron chi connectivity index (χ0n) is 20.9. The zero-order valence-corrected chi connectivity index (χ0v) is 20.9. The molecule has 7 nitrogen and oxygen atoms in total. The number of hydrogen-bond acceptors (Lipinski definition) is 5. The standard InChI is InChI=1S/C28H36FN3O4/c1-17(2)18-5-10-22(11-6-18)31-28(36)32-15-3-4-25(32)26(33)30-21-12-7-19(8-13-21)20-9-14-23(27(34)35)24(29)16-20/h5-6,9-11,14,16-17,19,21,25-26,30,33H,3-4,7-8,12-13,15H2,1-2H3,(H,31,36)(H,34,35)/p-1/t19?,21?,25-,26?/m1/s1. The number of carbonyl (C=O) groups excluding carboxylic acids is 2. The SMILES string of the molecule is CC(C)c1ccc(NC(=O)N2CCC[C@@H]2C(O)NC2CCC(c3ccc(C(=O)[O-])c(F)c3)CC2)cc1. The van der Waals surface area contributed by atoms with Gasteiger partial charge in [0.15, 0.2) is 0 Å². The van der Waals surface area contributed by atoms with Crippen LogP contribution in [-0.4, -0.2) is 46.9 Å². The fraction of sp³-hybridized carbons (Fsp3) is 0.500. The van der Waals surface area contributed by atoms with Gasteiger partial charge in [0.2, 0.25) is 0 Å². The number of carboxylic acid groups (broad SMARTS) is 1. The van der Waals surface area contributed by atoms with Crippen LogP contribution in [0.5, 0.6) is 0 Å². The number of aliphatic hydroxyl groups is 1. The number of halogens is 1. The van der Waals surface area contributed by atoms with Gasteiger partial charge in [-0.05, 0) is 85.8 Å². The zero-order chi connectivity index (χ0) is 25.8. The molecular weight excluding hydrogens is 461 g/mol. The fourth-order valence-corrected chi connectivity index (χ4v) is 5.42. The van der Waals surface area contributed by atoms with E-state index in [1.807, 2.05) is 24.3 Å². The molecule has 0 bridgehead atoms. The highest BCUT2D eigenvalue weighted by atomic mass is 19.1. The summed E-state index contributed by atoms with van der Waals surface area (Å²) < 4.78 is 14.1. The fourth-order valence-electron chi connectivity index (χ4n) is 5.42. The highest BCUT2D eigenvalue weighted by Gasteiger charge is 2.35. The molecule has 36 heavy (non-hydrogen) atoms. The molecule has 2 atom stereocenters. The number of carbonyl (C=O) groups is 2. The Labute approximate surface area is 211 Å². The van der Waals surface area contributed by atoms with Crippen LogP contribution < -0.4 is 15.7 Å². The summed E-state index contributed by atoms with van der Waals surface area (Å²) in [5.41, 5.74) is 2.31. The number of urea groups is 1. The minimum atomic E-state index is -1.51. The third-order valence-corrected chi connectivity index (χ3v) is 7.57. The summed E-state index contributed by atoms with van der Waals surface area (Å²) in [6, 6.07) is 11.7. The first kappa shape index (κ1) is 26.1. The van der Waals surface area contributed by atoms with Gasteiger partial charge in [0.25, 0.3) is 0 Å². The molecule has 0 radical (unpaired) electrons. The largest absolute Gasteiger partial charge is 0.545 e. The lowest BCUT2D eigenvalue weighted by atomic mass is 9.81. The number of aromatic carboxylic acids is 1. The van der Waals surface area contributed by atoms with Crippen LogP contribution in [0.1, 0.15) is 85.7 Å². The van der Waals surface area contributed by atoms with Crippen molar-refractivity contribution in [3.63, 3.8) is 0 Å². The summed E-state index contributed by atoms with van der Waals surface area (Å²) in [5, 5.41) is 28.2. The van der Waals surface area contributed by atoms with Crippen molar-refractivity contribution in [1.82, 2.24) is 10.2 Å². The molecule has 8 heteroatoms. The topological polar surface area (TPSA) is 105 Å². The molecule has 1 aliphatic carbocycles. The molecule has 2 amide bonds. The number of benzene rings is 2. The van der Waals surface area contributed by atoms with Gasteiger partial charge in [-0.2, -0.15) is 0 Å². The van der Waals surface area contributed by atoms with Crippen LogP contribution in [0, 0.1) is 5.82 Å². The van der Waals surface area contributed by atoms with Gasteiger partial charge < -0.3 is 25.2 Å². The number of aliphatic hydroxyl groups excluding tert-OH is 1. The second-order valence-corrected chi connectivity index (χ2v) is 10.3. The van der Waals surface area contributed by atoms with E-state index in [4.69, 9.17) is 0 Å². The highest BCUT2D eigenvalue weighted by molar-refractivity contribution is 5.89. The van der Waals surface area contributed by atoms with Crippen LogP contribution in [-0.2, 0) is 0 Å². The average molecular weight is 497 g/mol. The maximum absolute atomic E-state index is 14.1. The van der Waals surface area contributed by atoms with Gasteiger partial charge in [0.1, 0.15) is 12.0 Å². The number of nitrogens with one attached hydrogen (secondary N) is 2. The second kappa shape index (κ2) is 11.4. The number of likely N-dealkylation sites (tertiary alicyclic amines) is 1. The Balaban J connectivity index is 1.29. The molecule has 1 heterocycles. The summed E-state index contributed by atoms with van der Waals surface area (Å²) in [6.07, 6.45) is 3.93. The Morgan fingerprint density at radius 1 is 1.06 bits per heavy atom. The maximum atomic E-state index is 14.1. The summed E-state index contributed by atoms with van der Waals surface area (Å²) in [5.74, 6) is -1.72. The molecule has 1 saturated carbocycles. The summed E-state index contributed by atoms with van der Waals surface area (Å²) in [6.45, 7) is 4.85. The predicted molar refractivity (Wildman–Crippen MR) is 134 cm³/mol. The van der Waals surface area contributed by atoms with Crippen molar-refractivity contribution in [3.8, 4) is 0 Å². The van der Waals surface area contributed by atoms with Crippen LogP contribution in [0.3, 0.4) is 0 Å². The summed E-state index contributed by atoms with van der Waals surface area (Å²) in [7, 11) is 0. The Morgan fingerprint density at radius 3 is 2.36 bits per heavy atom. The van der Waals surface area contributed by atoms with Crippen molar-refractivity contribution in [2.24, 2.45) is 0 Å². The van der Waals surface area contributed by atoms with Crippen LogP contribution >= 0.6 is 0 Å². The van der Waals surface area contributed by atoms with Crippen LogP contribution in [0.25, 0.3) is 0 Å². The third-order valence-electron chi connectivity index (χ3n) is 7.57. The minimum absolute atomic E-state index is 0.0951. The second-order valence-electron chi connectivity index (χ2n) is 10.3. The lowest BCUT2D eigenvalue weighted by Gasteiger charge is -2.35. The average Bonchev–Trinajstić information content (AvgIpc) is 3.35. The molecule has 1 unspecified atom stereocenters. The number of anilines is 1. The Bertz CT molecular complexity index is 1070. The van der Waals surface area contributed by atoms with Crippen LogP contribution in [0.2, 0.25) is 0 Å². The molecule has 4 rings (SSSR count). The molecule has 2 aromatic rings. The normalized spacial score (nSPS) is 23.0. The van der Waals surface area contributed by atoms with Gasteiger partial charge in [-0.3, -0.25) is 5.32 Å². The first-order valence-electron chi connectivity index (χ1n) is 12.9. The van der Waals surface area contributed by atoms with E-state index < -0.39 is 23.6 Å². The van der Waals surface area contributed by atoms with E-state index >= 15 is 0 Å². The van der Waals surface area contributed by atoms with E-state index in [2.05, 4.69) is 24.5 Å². The molecule has 2 aliphatic rings. The van der Waals surface area contributed by atoms with E-state index in [0.29, 0.717) is 12.5 Å². The molecular formula is C28H35FN3O4-. The van der Waals surface area contributed by atoms with Crippen molar-refractivity contribution in [2.75, 3.05) is 11.9 Å². The number of carboxylic acids is 1. The number of nitrogens with zero attached hydrogens (tertiary/aromatic N) is 1. The lowest BCUT2D eigenvalue weighted by Crippen LogP contribution is -2.53. The predicted octanol–water partition coefficient (Wildman–Crippen LogP) is 3.94. The van der Waals surface area contributed by atoms with Gasteiger partial charge in [-0.1, -0.05) is 32.0 Å². The summed E-state index contributed by atoms with van der Waals surface area (Å²) >= 11 is 0. The van der Waals surface area contributed by atoms with E-state index in [1.54, 1.807) is 11.0 Å². The van der Waals surface area contributed by atoms with Crippen LogP contribution in [0.4, 0.5) is 14.9 Å². The Morgan fingerprint density at radius 2 is 1.75 bits per heavy atom. The highest BCUT2D eigenvalue weighted by Crippen LogP contribution is 2.34. The Kier molecular flexibility index (Phi) is 8.26. The first-order chi connectivity index (χ1) is 17.2. The Hall–Kier alpha value is -2.97. The number of hydrogen-bond donors (Lipinski definition) is 3. The maximum Gasteiger partial charge on any atom is 0.322 e. The van der Waals surface area contributed by atoms with Crippen molar-refractivity contribution >= 4 is 17.7 Å². The molecule has 3 N–H and O–H groups in total. The smallest absolute Gasteiger partial charge is 0.322 e. The molecule has 1 saturated heterocycles. The van der Waals surface area contributed by atoms with E-state index in [-0.39, 0.29) is 24.0 Å². The third kappa shape index (κ3) is 6.05. The molecule has 2 aromatic carbocycles. The van der Waals surface area contributed by atoms with E-state index in [9.17, 15) is 24.2 Å². The summed E-state index contributed by atoms with van der Waals surface area (Å²) in [4.78, 5) is 25.6. The molecule has 1 aliphatic heterocycles. The molecule has 0 spiro atoms.